The molecule has 0 radical (unpaired) electrons. The summed E-state index contributed by atoms with van der Waals surface area (Å²) in [7, 11) is 0. The van der Waals surface area contributed by atoms with E-state index in [0.717, 1.165) is 11.6 Å². The number of carbonyl (C=O) groups is 2. The van der Waals surface area contributed by atoms with E-state index < -0.39 is 28.5 Å². The zero-order chi connectivity index (χ0) is 21.3. The van der Waals surface area contributed by atoms with Crippen LogP contribution in [0.3, 0.4) is 0 Å². The molecule has 0 amide bonds. The van der Waals surface area contributed by atoms with Gasteiger partial charge in [0.1, 0.15) is 5.56 Å². The van der Waals surface area contributed by atoms with Crippen molar-refractivity contribution in [2.75, 3.05) is 6.79 Å². The maximum Gasteiger partial charge on any atom is 0.346 e. The molecule has 8 nitrogen and oxygen atoms in total. The van der Waals surface area contributed by atoms with Gasteiger partial charge >= 0.3 is 5.97 Å². The Bertz CT molecular complexity index is 974. The van der Waals surface area contributed by atoms with E-state index in [0.29, 0.717) is 5.56 Å². The first-order valence-corrected chi connectivity index (χ1v) is 9.01. The minimum atomic E-state index is -1.12. The van der Waals surface area contributed by atoms with Crippen molar-refractivity contribution in [1.29, 1.82) is 0 Å². The minimum Gasteiger partial charge on any atom is -0.454 e. The second-order valence-corrected chi connectivity index (χ2v) is 7.72. The van der Waals surface area contributed by atoms with E-state index in [4.69, 9.17) is 14.2 Å². The molecular weight excluding hydrogens is 378 g/mol. The van der Waals surface area contributed by atoms with Gasteiger partial charge in [0, 0.05) is 11.6 Å². The molecule has 1 aliphatic heterocycles. The molecule has 0 aliphatic carbocycles. The first kappa shape index (κ1) is 20.3. The highest BCUT2D eigenvalue weighted by Crippen LogP contribution is 2.38. The minimum absolute atomic E-state index is 0.0576. The van der Waals surface area contributed by atoms with Crippen LogP contribution in [-0.2, 0) is 10.2 Å². The Labute approximate surface area is 167 Å². The molecule has 152 valence electrons. The quantitative estimate of drug-likeness (QED) is 0.323. The first-order valence-electron chi connectivity index (χ1n) is 9.01. The van der Waals surface area contributed by atoms with Gasteiger partial charge in [-0.2, -0.15) is 0 Å². The number of Topliss-reactive ketones (excluding diaryl/α,β-unsaturated/α-hetero) is 1. The summed E-state index contributed by atoms with van der Waals surface area (Å²) >= 11 is 0. The Kier molecular flexibility index (Phi) is 5.28. The predicted octanol–water partition coefficient (Wildman–Crippen LogP) is 4.05. The zero-order valence-electron chi connectivity index (χ0n) is 16.6. The van der Waals surface area contributed by atoms with Gasteiger partial charge in [0.25, 0.3) is 5.69 Å². The summed E-state index contributed by atoms with van der Waals surface area (Å²) in [5.74, 6) is -1.00. The van der Waals surface area contributed by atoms with Crippen molar-refractivity contribution < 1.29 is 28.7 Å². The van der Waals surface area contributed by atoms with E-state index in [1.807, 2.05) is 12.1 Å². The van der Waals surface area contributed by atoms with Crippen molar-refractivity contribution in [3.63, 3.8) is 0 Å². The zero-order valence-corrected chi connectivity index (χ0v) is 16.6. The van der Waals surface area contributed by atoms with Crippen molar-refractivity contribution >= 4 is 17.4 Å². The van der Waals surface area contributed by atoms with Crippen molar-refractivity contribution in [2.45, 2.75) is 39.2 Å². The summed E-state index contributed by atoms with van der Waals surface area (Å²) in [4.78, 5) is 35.8. The van der Waals surface area contributed by atoms with Crippen LogP contribution in [0.1, 0.15) is 54.0 Å². The third-order valence-electron chi connectivity index (χ3n) is 4.60. The summed E-state index contributed by atoms with van der Waals surface area (Å²) in [6, 6.07) is 9.36. The average Bonchev–Trinajstić information content (AvgIpc) is 3.13. The van der Waals surface area contributed by atoms with Crippen LogP contribution in [0.2, 0.25) is 0 Å². The van der Waals surface area contributed by atoms with E-state index in [1.165, 1.54) is 13.0 Å². The number of nitrogens with zero attached hydrogens (tertiary/aromatic N) is 1. The second-order valence-electron chi connectivity index (χ2n) is 7.72. The van der Waals surface area contributed by atoms with Crippen LogP contribution in [-0.4, -0.2) is 29.6 Å². The molecule has 2 aromatic rings. The van der Waals surface area contributed by atoms with Gasteiger partial charge in [-0.1, -0.05) is 45.0 Å². The van der Waals surface area contributed by atoms with E-state index in [1.54, 1.807) is 12.1 Å². The average molecular weight is 399 g/mol. The Hall–Kier alpha value is -3.42. The van der Waals surface area contributed by atoms with Crippen LogP contribution in [0, 0.1) is 10.1 Å². The Morgan fingerprint density at radius 2 is 1.69 bits per heavy atom. The maximum absolute atomic E-state index is 12.6. The second kappa shape index (κ2) is 7.54. The van der Waals surface area contributed by atoms with Gasteiger partial charge in [-0.15, -0.1) is 0 Å². The standard InChI is InChI=1S/C21H21NO7/c1-12(19(23)13-5-7-14(8-6-13)21(2,3)4)29-20(24)15-9-17-18(28-11-27-17)10-16(15)22(25)26/h5-10,12H,11H2,1-4H3. The van der Waals surface area contributed by atoms with Crippen molar-refractivity contribution in [3.05, 3.63) is 63.2 Å². The van der Waals surface area contributed by atoms with Gasteiger partial charge < -0.3 is 14.2 Å². The SMILES string of the molecule is CC(OC(=O)c1cc2c(cc1[N+](=O)[O-])OCO2)C(=O)c1ccc(C(C)(C)C)cc1. The van der Waals surface area contributed by atoms with Crippen LogP contribution in [0.25, 0.3) is 0 Å². The topological polar surface area (TPSA) is 105 Å². The molecule has 2 aromatic carbocycles. The number of carbonyl (C=O) groups excluding carboxylic acids is 2. The molecule has 0 N–H and O–H groups in total. The molecule has 0 bridgehead atoms. The number of hydrogen-bond donors (Lipinski definition) is 0. The number of benzene rings is 2. The number of nitro benzene ring substituents is 1. The fourth-order valence-corrected chi connectivity index (χ4v) is 2.89. The molecule has 1 unspecified atom stereocenters. The highest BCUT2D eigenvalue weighted by Gasteiger charge is 2.30. The van der Waals surface area contributed by atoms with Crippen molar-refractivity contribution in [3.8, 4) is 11.5 Å². The third-order valence-corrected chi connectivity index (χ3v) is 4.60. The summed E-state index contributed by atoms with van der Waals surface area (Å²) in [6.45, 7) is 7.52. The van der Waals surface area contributed by atoms with Gasteiger partial charge in [-0.25, -0.2) is 4.79 Å². The molecule has 29 heavy (non-hydrogen) atoms. The Morgan fingerprint density at radius 1 is 1.10 bits per heavy atom. The lowest BCUT2D eigenvalue weighted by Gasteiger charge is -2.19. The lowest BCUT2D eigenvalue weighted by atomic mass is 9.86. The van der Waals surface area contributed by atoms with Crippen LogP contribution in [0.4, 0.5) is 5.69 Å². The van der Waals surface area contributed by atoms with E-state index >= 15 is 0 Å². The fraction of sp³-hybridized carbons (Fsp3) is 0.333. The lowest BCUT2D eigenvalue weighted by molar-refractivity contribution is -0.385. The monoisotopic (exact) mass is 399 g/mol. The van der Waals surface area contributed by atoms with Gasteiger partial charge in [-0.3, -0.25) is 14.9 Å². The molecule has 1 aliphatic rings. The molecule has 8 heteroatoms. The smallest absolute Gasteiger partial charge is 0.346 e. The van der Waals surface area contributed by atoms with Gasteiger partial charge in [0.05, 0.1) is 11.0 Å². The molecule has 0 spiro atoms. The highest BCUT2D eigenvalue weighted by atomic mass is 16.7. The van der Waals surface area contributed by atoms with Gasteiger partial charge in [0.2, 0.25) is 12.6 Å². The summed E-state index contributed by atoms with van der Waals surface area (Å²) in [5, 5.41) is 11.3. The number of nitro groups is 1. The van der Waals surface area contributed by atoms with Crippen molar-refractivity contribution in [1.82, 2.24) is 0 Å². The van der Waals surface area contributed by atoms with Gasteiger partial charge in [0.15, 0.2) is 17.6 Å². The molecule has 0 aromatic heterocycles. The first-order chi connectivity index (χ1) is 13.6. The van der Waals surface area contributed by atoms with E-state index in [9.17, 15) is 19.7 Å². The van der Waals surface area contributed by atoms with Crippen LogP contribution >= 0.6 is 0 Å². The summed E-state index contributed by atoms with van der Waals surface area (Å²) in [5.41, 5.74) is 0.612. The number of rotatable bonds is 5. The Morgan fingerprint density at radius 3 is 2.24 bits per heavy atom. The third kappa shape index (κ3) is 4.21. The number of ether oxygens (including phenoxy) is 3. The lowest BCUT2D eigenvalue weighted by Crippen LogP contribution is -2.25. The summed E-state index contributed by atoms with van der Waals surface area (Å²) in [6.07, 6.45) is -1.12. The van der Waals surface area contributed by atoms with E-state index in [-0.39, 0.29) is 29.3 Å². The number of ketones is 1. The number of hydrogen-bond acceptors (Lipinski definition) is 7. The van der Waals surface area contributed by atoms with Crippen molar-refractivity contribution in [2.24, 2.45) is 0 Å². The fourth-order valence-electron chi connectivity index (χ4n) is 2.89. The molecule has 0 saturated heterocycles. The maximum atomic E-state index is 12.6. The molecule has 1 atom stereocenters. The van der Waals surface area contributed by atoms with E-state index in [2.05, 4.69) is 20.8 Å². The number of fused-ring (bicyclic) bond motifs is 1. The molecular formula is C21H21NO7. The van der Waals surface area contributed by atoms with Crippen LogP contribution < -0.4 is 9.47 Å². The molecule has 3 rings (SSSR count). The Balaban J connectivity index is 1.78. The number of esters is 1. The normalized spacial score (nSPS) is 13.7. The predicted molar refractivity (Wildman–Crippen MR) is 104 cm³/mol. The molecule has 1 heterocycles. The highest BCUT2D eigenvalue weighted by molar-refractivity contribution is 6.02. The van der Waals surface area contributed by atoms with Crippen LogP contribution in [0.15, 0.2) is 36.4 Å². The molecule has 0 fully saturated rings. The summed E-state index contributed by atoms with van der Waals surface area (Å²) < 4.78 is 15.5. The largest absolute Gasteiger partial charge is 0.454 e. The van der Waals surface area contributed by atoms with Crippen LogP contribution in [0.5, 0.6) is 11.5 Å². The van der Waals surface area contributed by atoms with Gasteiger partial charge in [-0.05, 0) is 17.9 Å². The molecule has 0 saturated carbocycles.